The zero-order valence-electron chi connectivity index (χ0n) is 9.52. The summed E-state index contributed by atoms with van der Waals surface area (Å²) < 4.78 is 12.3. The highest BCUT2D eigenvalue weighted by Gasteiger charge is 2.23. The molecule has 0 bridgehead atoms. The van der Waals surface area contributed by atoms with Crippen molar-refractivity contribution in [2.45, 2.75) is 32.6 Å². The van der Waals surface area contributed by atoms with Crippen molar-refractivity contribution in [2.24, 2.45) is 0 Å². The fraction of sp³-hybridized carbons (Fsp3) is 0.800. The molecule has 0 aliphatic rings. The summed E-state index contributed by atoms with van der Waals surface area (Å²) in [5.74, 6) is -1.96. The highest BCUT2D eigenvalue weighted by atomic mass is 31.2. The Labute approximate surface area is 95.2 Å². The minimum Gasteiger partial charge on any atom is -0.481 e. The van der Waals surface area contributed by atoms with E-state index in [1.54, 1.807) is 0 Å². The topological polar surface area (TPSA) is 91.7 Å². The molecule has 0 atom stereocenters. The zero-order chi connectivity index (χ0) is 12.6. The average Bonchev–Trinajstić information content (AvgIpc) is 2.21. The van der Waals surface area contributed by atoms with E-state index < -0.39 is 19.1 Å². The standard InChI is InChI=1S/C10H19O5P/c1-2-3-6-16(15,7-4-9(11)12)8-5-10(13)14/h2-8H2,1H3,(H,11,12)(H,13,14). The largest absolute Gasteiger partial charge is 0.481 e. The van der Waals surface area contributed by atoms with E-state index in [-0.39, 0.29) is 25.2 Å². The molecule has 0 saturated carbocycles. The first-order valence-corrected chi connectivity index (χ1v) is 7.66. The highest BCUT2D eigenvalue weighted by molar-refractivity contribution is 7.63. The smallest absolute Gasteiger partial charge is 0.303 e. The van der Waals surface area contributed by atoms with E-state index in [2.05, 4.69) is 0 Å². The maximum atomic E-state index is 12.3. The summed E-state index contributed by atoms with van der Waals surface area (Å²) in [6.07, 6.45) is 2.07. The molecule has 0 radical (unpaired) electrons. The van der Waals surface area contributed by atoms with Crippen LogP contribution in [0, 0.1) is 0 Å². The van der Waals surface area contributed by atoms with Gasteiger partial charge in [0.1, 0.15) is 0 Å². The molecule has 0 heterocycles. The lowest BCUT2D eigenvalue weighted by Crippen LogP contribution is -2.08. The minimum atomic E-state index is -2.61. The third-order valence-electron chi connectivity index (χ3n) is 2.39. The summed E-state index contributed by atoms with van der Waals surface area (Å²) in [4.78, 5) is 20.8. The van der Waals surface area contributed by atoms with Crippen molar-refractivity contribution in [3.63, 3.8) is 0 Å². The first-order chi connectivity index (χ1) is 7.39. The van der Waals surface area contributed by atoms with Crippen LogP contribution in [0.3, 0.4) is 0 Å². The molecule has 0 aliphatic heterocycles. The van der Waals surface area contributed by atoms with Gasteiger partial charge in [-0.05, 0) is 6.42 Å². The molecule has 0 aromatic rings. The molecule has 0 spiro atoms. The van der Waals surface area contributed by atoms with E-state index in [0.717, 1.165) is 12.8 Å². The average molecular weight is 250 g/mol. The van der Waals surface area contributed by atoms with Gasteiger partial charge in [0.15, 0.2) is 0 Å². The molecule has 0 fully saturated rings. The van der Waals surface area contributed by atoms with Crippen molar-refractivity contribution in [1.82, 2.24) is 0 Å². The molecule has 0 unspecified atom stereocenters. The molecule has 6 heteroatoms. The van der Waals surface area contributed by atoms with Crippen molar-refractivity contribution in [2.75, 3.05) is 18.5 Å². The van der Waals surface area contributed by atoms with Gasteiger partial charge in [0, 0.05) is 18.5 Å². The van der Waals surface area contributed by atoms with Crippen LogP contribution >= 0.6 is 7.14 Å². The van der Waals surface area contributed by atoms with Crippen molar-refractivity contribution in [3.8, 4) is 0 Å². The van der Waals surface area contributed by atoms with Crippen molar-refractivity contribution in [1.29, 1.82) is 0 Å². The van der Waals surface area contributed by atoms with Gasteiger partial charge in [-0.3, -0.25) is 9.59 Å². The van der Waals surface area contributed by atoms with Gasteiger partial charge in [-0.1, -0.05) is 13.3 Å². The molecule has 0 rings (SSSR count). The van der Waals surface area contributed by atoms with E-state index in [9.17, 15) is 14.2 Å². The monoisotopic (exact) mass is 250 g/mol. The highest BCUT2D eigenvalue weighted by Crippen LogP contribution is 2.47. The van der Waals surface area contributed by atoms with Gasteiger partial charge in [-0.2, -0.15) is 0 Å². The Bertz CT molecular complexity index is 265. The number of rotatable bonds is 9. The van der Waals surface area contributed by atoms with Crippen LogP contribution in [0.2, 0.25) is 0 Å². The van der Waals surface area contributed by atoms with Crippen LogP contribution in [-0.2, 0) is 14.2 Å². The van der Waals surface area contributed by atoms with Gasteiger partial charge < -0.3 is 14.8 Å². The normalized spacial score (nSPS) is 11.3. The van der Waals surface area contributed by atoms with Gasteiger partial charge in [0.2, 0.25) is 0 Å². The molecular formula is C10H19O5P. The number of carboxylic acid groups (broad SMARTS) is 2. The summed E-state index contributed by atoms with van der Waals surface area (Å²) in [5.41, 5.74) is 0. The SMILES string of the molecule is CCCCP(=O)(CCC(=O)O)CCC(=O)O. The molecule has 0 aromatic carbocycles. The van der Waals surface area contributed by atoms with Crippen LogP contribution < -0.4 is 0 Å². The predicted octanol–water partition coefficient (Wildman–Crippen LogP) is 2.10. The van der Waals surface area contributed by atoms with E-state index in [1.165, 1.54) is 0 Å². The third-order valence-corrected chi connectivity index (χ3v) is 5.59. The van der Waals surface area contributed by atoms with Crippen LogP contribution in [-0.4, -0.2) is 40.6 Å². The van der Waals surface area contributed by atoms with Crippen LogP contribution in [0.1, 0.15) is 32.6 Å². The Morgan fingerprint density at radius 2 is 1.44 bits per heavy atom. The summed E-state index contributed by atoms with van der Waals surface area (Å²) in [5, 5.41) is 17.1. The second kappa shape index (κ2) is 7.44. The number of carbonyl (C=O) groups is 2. The van der Waals surface area contributed by atoms with E-state index >= 15 is 0 Å². The van der Waals surface area contributed by atoms with Crippen molar-refractivity contribution < 1.29 is 24.4 Å². The van der Waals surface area contributed by atoms with Gasteiger partial charge in [-0.25, -0.2) is 0 Å². The number of unbranched alkanes of at least 4 members (excludes halogenated alkanes) is 1. The Morgan fingerprint density at radius 3 is 1.75 bits per heavy atom. The number of carboxylic acids is 2. The van der Waals surface area contributed by atoms with E-state index in [0.29, 0.717) is 6.16 Å². The van der Waals surface area contributed by atoms with Crippen molar-refractivity contribution >= 4 is 19.1 Å². The first kappa shape index (κ1) is 15.2. The van der Waals surface area contributed by atoms with Crippen LogP contribution in [0.25, 0.3) is 0 Å². The Balaban J connectivity index is 4.29. The van der Waals surface area contributed by atoms with Crippen LogP contribution in [0.4, 0.5) is 0 Å². The Hall–Kier alpha value is -0.830. The minimum absolute atomic E-state index is 0.121. The summed E-state index contributed by atoms with van der Waals surface area (Å²) in [6, 6.07) is 0. The summed E-state index contributed by atoms with van der Waals surface area (Å²) in [7, 11) is -2.61. The molecule has 0 saturated heterocycles. The van der Waals surface area contributed by atoms with Crippen LogP contribution in [0.15, 0.2) is 0 Å². The Kier molecular flexibility index (Phi) is 7.06. The second-order valence-corrected chi connectivity index (χ2v) is 7.33. The van der Waals surface area contributed by atoms with Crippen LogP contribution in [0.5, 0.6) is 0 Å². The molecule has 2 N–H and O–H groups in total. The van der Waals surface area contributed by atoms with E-state index in [4.69, 9.17) is 10.2 Å². The molecule has 94 valence electrons. The quantitative estimate of drug-likeness (QED) is 0.611. The molecular weight excluding hydrogens is 231 g/mol. The maximum absolute atomic E-state index is 12.3. The van der Waals surface area contributed by atoms with Gasteiger partial charge in [-0.15, -0.1) is 0 Å². The lowest BCUT2D eigenvalue weighted by molar-refractivity contribution is -0.137. The van der Waals surface area contributed by atoms with E-state index in [1.807, 2.05) is 6.92 Å². The lowest BCUT2D eigenvalue weighted by atomic mass is 10.4. The predicted molar refractivity (Wildman–Crippen MR) is 61.6 cm³/mol. The Morgan fingerprint density at radius 1 is 1.00 bits per heavy atom. The van der Waals surface area contributed by atoms with Crippen molar-refractivity contribution in [3.05, 3.63) is 0 Å². The molecule has 5 nitrogen and oxygen atoms in total. The maximum Gasteiger partial charge on any atom is 0.303 e. The number of hydrogen-bond acceptors (Lipinski definition) is 3. The molecule has 0 aromatic heterocycles. The second-order valence-electron chi connectivity index (χ2n) is 3.87. The number of aliphatic carboxylic acids is 2. The molecule has 0 amide bonds. The molecule has 16 heavy (non-hydrogen) atoms. The fourth-order valence-corrected chi connectivity index (χ4v) is 4.14. The fourth-order valence-electron chi connectivity index (χ4n) is 1.38. The first-order valence-electron chi connectivity index (χ1n) is 5.40. The van der Waals surface area contributed by atoms with Gasteiger partial charge in [0.05, 0.1) is 20.0 Å². The summed E-state index contributed by atoms with van der Waals surface area (Å²) >= 11 is 0. The summed E-state index contributed by atoms with van der Waals surface area (Å²) in [6.45, 7) is 1.96. The molecule has 0 aliphatic carbocycles. The van der Waals surface area contributed by atoms with Gasteiger partial charge >= 0.3 is 11.9 Å². The van der Waals surface area contributed by atoms with Gasteiger partial charge in [0.25, 0.3) is 0 Å². The lowest BCUT2D eigenvalue weighted by Gasteiger charge is -2.16. The third kappa shape index (κ3) is 7.46. The number of hydrogen-bond donors (Lipinski definition) is 2. The zero-order valence-corrected chi connectivity index (χ0v) is 10.4.